The van der Waals surface area contributed by atoms with Gasteiger partial charge in [-0.3, -0.25) is 0 Å². The maximum Gasteiger partial charge on any atom is 0.175 e. The number of rotatable bonds is 8. The van der Waals surface area contributed by atoms with Crippen molar-refractivity contribution in [2.24, 2.45) is 0 Å². The zero-order valence-corrected chi connectivity index (χ0v) is 13.5. The first-order chi connectivity index (χ1) is 9.78. The smallest absolute Gasteiger partial charge is 0.175 e. The van der Waals surface area contributed by atoms with Crippen molar-refractivity contribution < 1.29 is 9.13 Å². The minimum Gasteiger partial charge on any atom is -0.494 e. The zero-order valence-electron chi connectivity index (χ0n) is 11.0. The molecule has 0 saturated heterocycles. The van der Waals surface area contributed by atoms with Gasteiger partial charge in [0.15, 0.2) is 8.68 Å². The van der Waals surface area contributed by atoms with E-state index in [-0.39, 0.29) is 5.82 Å². The highest BCUT2D eigenvalue weighted by Crippen LogP contribution is 2.28. The fourth-order valence-electron chi connectivity index (χ4n) is 1.38. The Hall–Kier alpha value is -0.790. The summed E-state index contributed by atoms with van der Waals surface area (Å²) in [4.78, 5) is 0. The van der Waals surface area contributed by atoms with Crippen molar-refractivity contribution in [3.8, 4) is 5.75 Å². The van der Waals surface area contributed by atoms with Gasteiger partial charge in [-0.25, -0.2) is 4.39 Å². The second-order valence-corrected chi connectivity index (χ2v) is 7.60. The largest absolute Gasteiger partial charge is 0.494 e. The molecular formula is C13H15FN2OS3. The van der Waals surface area contributed by atoms with Crippen LogP contribution < -0.4 is 4.74 Å². The molecule has 0 fully saturated rings. The summed E-state index contributed by atoms with van der Waals surface area (Å²) in [6, 6.07) is 6.08. The van der Waals surface area contributed by atoms with E-state index in [1.165, 1.54) is 12.1 Å². The number of nitrogens with zero attached hydrogens (tertiary/aromatic N) is 2. The molecular weight excluding hydrogens is 315 g/mol. The summed E-state index contributed by atoms with van der Waals surface area (Å²) >= 11 is 5.05. The summed E-state index contributed by atoms with van der Waals surface area (Å²) in [5.41, 5.74) is 0. The third kappa shape index (κ3) is 5.30. The van der Waals surface area contributed by atoms with Gasteiger partial charge in [-0.2, -0.15) is 0 Å². The van der Waals surface area contributed by atoms with E-state index in [0.717, 1.165) is 26.6 Å². The number of halogens is 1. The summed E-state index contributed by atoms with van der Waals surface area (Å²) in [6.07, 6.45) is 0.915. The van der Waals surface area contributed by atoms with E-state index >= 15 is 0 Å². The monoisotopic (exact) mass is 330 g/mol. The molecule has 3 nitrogen and oxygen atoms in total. The molecule has 1 heterocycles. The molecule has 2 rings (SSSR count). The van der Waals surface area contributed by atoms with Crippen molar-refractivity contribution in [2.45, 2.75) is 22.0 Å². The summed E-state index contributed by atoms with van der Waals surface area (Å²) in [5.74, 6) is 2.41. The van der Waals surface area contributed by atoms with Gasteiger partial charge in [0.25, 0.3) is 0 Å². The van der Waals surface area contributed by atoms with Crippen molar-refractivity contribution in [1.82, 2.24) is 10.2 Å². The zero-order chi connectivity index (χ0) is 14.2. The van der Waals surface area contributed by atoms with Gasteiger partial charge in [-0.05, 0) is 36.4 Å². The normalized spacial score (nSPS) is 10.7. The highest BCUT2D eigenvalue weighted by Gasteiger charge is 2.04. The molecule has 7 heteroatoms. The summed E-state index contributed by atoms with van der Waals surface area (Å²) in [5, 5.41) is 8.23. The molecule has 0 amide bonds. The molecule has 0 aliphatic rings. The van der Waals surface area contributed by atoms with Gasteiger partial charge in [0.1, 0.15) is 11.6 Å². The molecule has 0 bridgehead atoms. The Morgan fingerprint density at radius 1 is 1.15 bits per heavy atom. The lowest BCUT2D eigenvalue weighted by Gasteiger charge is -2.04. The van der Waals surface area contributed by atoms with Crippen LogP contribution in [0.1, 0.15) is 13.3 Å². The Morgan fingerprint density at radius 2 is 1.85 bits per heavy atom. The first-order valence-electron chi connectivity index (χ1n) is 6.25. The third-order valence-corrected chi connectivity index (χ3v) is 5.41. The van der Waals surface area contributed by atoms with Crippen molar-refractivity contribution >= 4 is 34.9 Å². The van der Waals surface area contributed by atoms with Gasteiger partial charge < -0.3 is 4.74 Å². The predicted octanol–water partition coefficient (Wildman–Crippen LogP) is 4.35. The van der Waals surface area contributed by atoms with E-state index in [4.69, 9.17) is 4.74 Å². The average Bonchev–Trinajstić information content (AvgIpc) is 2.89. The minimum absolute atomic E-state index is 0.245. The van der Waals surface area contributed by atoms with Crippen molar-refractivity contribution in [1.29, 1.82) is 0 Å². The Bertz CT molecular complexity index is 519. The molecule has 20 heavy (non-hydrogen) atoms. The van der Waals surface area contributed by atoms with Crippen LogP contribution in [0.5, 0.6) is 5.75 Å². The van der Waals surface area contributed by atoms with Crippen LogP contribution >= 0.6 is 34.9 Å². The van der Waals surface area contributed by atoms with Crippen molar-refractivity contribution in [2.75, 3.05) is 18.1 Å². The second kappa shape index (κ2) is 8.49. The van der Waals surface area contributed by atoms with Crippen LogP contribution in [0.3, 0.4) is 0 Å². The lowest BCUT2D eigenvalue weighted by molar-refractivity contribution is 0.318. The Balaban J connectivity index is 1.62. The number of benzene rings is 1. The number of hydrogen-bond donors (Lipinski definition) is 0. The first-order valence-corrected chi connectivity index (χ1v) is 9.04. The van der Waals surface area contributed by atoms with Crippen molar-refractivity contribution in [3.05, 3.63) is 30.1 Å². The first kappa shape index (κ1) is 15.6. The SMILES string of the molecule is CCSc1nnc(SCCCOc2ccc(F)cc2)s1. The molecule has 0 saturated carbocycles. The van der Waals surface area contributed by atoms with Crippen LogP contribution in [0.2, 0.25) is 0 Å². The van der Waals surface area contributed by atoms with E-state index < -0.39 is 0 Å². The van der Waals surface area contributed by atoms with Crippen LogP contribution in [-0.2, 0) is 0 Å². The fourth-order valence-corrected chi connectivity index (χ4v) is 4.28. The number of thioether (sulfide) groups is 2. The van der Waals surface area contributed by atoms with Gasteiger partial charge >= 0.3 is 0 Å². The summed E-state index contributed by atoms with van der Waals surface area (Å²) in [7, 11) is 0. The second-order valence-electron chi connectivity index (χ2n) is 3.77. The molecule has 0 aliphatic carbocycles. The predicted molar refractivity (Wildman–Crippen MR) is 83.5 cm³/mol. The maximum absolute atomic E-state index is 12.7. The molecule has 0 unspecified atom stereocenters. The standard InChI is InChI=1S/C13H15FN2OS3/c1-2-18-12-15-16-13(20-12)19-9-3-8-17-11-6-4-10(14)5-7-11/h4-7H,2-3,8-9H2,1H3. The van der Waals surface area contributed by atoms with Crippen LogP contribution in [0, 0.1) is 5.82 Å². The van der Waals surface area contributed by atoms with E-state index in [1.54, 1.807) is 47.0 Å². The minimum atomic E-state index is -0.245. The van der Waals surface area contributed by atoms with Crippen LogP contribution in [-0.4, -0.2) is 28.3 Å². The van der Waals surface area contributed by atoms with E-state index in [1.807, 2.05) is 0 Å². The van der Waals surface area contributed by atoms with Gasteiger partial charge in [-0.15, -0.1) is 10.2 Å². The van der Waals surface area contributed by atoms with E-state index in [2.05, 4.69) is 17.1 Å². The van der Waals surface area contributed by atoms with Crippen LogP contribution in [0.15, 0.2) is 32.9 Å². The molecule has 0 N–H and O–H groups in total. The summed E-state index contributed by atoms with van der Waals surface area (Å²) < 4.78 is 20.3. The molecule has 0 aliphatic heterocycles. The highest BCUT2D eigenvalue weighted by atomic mass is 32.2. The van der Waals surface area contributed by atoms with Crippen molar-refractivity contribution in [3.63, 3.8) is 0 Å². The number of hydrogen-bond acceptors (Lipinski definition) is 6. The molecule has 108 valence electrons. The Labute approximate surface area is 130 Å². The number of ether oxygens (including phenoxy) is 1. The third-order valence-electron chi connectivity index (χ3n) is 2.25. The quantitative estimate of drug-likeness (QED) is 0.531. The van der Waals surface area contributed by atoms with Gasteiger partial charge in [0.05, 0.1) is 6.61 Å². The fraction of sp³-hybridized carbons (Fsp3) is 0.385. The van der Waals surface area contributed by atoms with Gasteiger partial charge in [-0.1, -0.05) is 41.8 Å². The molecule has 0 spiro atoms. The molecule has 2 aromatic rings. The highest BCUT2D eigenvalue weighted by molar-refractivity contribution is 8.03. The van der Waals surface area contributed by atoms with E-state index in [0.29, 0.717) is 12.4 Å². The van der Waals surface area contributed by atoms with Gasteiger partial charge in [0, 0.05) is 5.75 Å². The molecule has 1 aromatic heterocycles. The average molecular weight is 330 g/mol. The number of aromatic nitrogens is 2. The molecule has 0 atom stereocenters. The molecule has 1 aromatic carbocycles. The van der Waals surface area contributed by atoms with Gasteiger partial charge in [0.2, 0.25) is 0 Å². The summed E-state index contributed by atoms with van der Waals surface area (Å²) in [6.45, 7) is 2.72. The lowest BCUT2D eigenvalue weighted by atomic mass is 10.3. The molecule has 0 radical (unpaired) electrons. The maximum atomic E-state index is 12.7. The van der Waals surface area contributed by atoms with Crippen LogP contribution in [0.25, 0.3) is 0 Å². The Kier molecular flexibility index (Phi) is 6.62. The van der Waals surface area contributed by atoms with E-state index in [9.17, 15) is 4.39 Å². The lowest BCUT2D eigenvalue weighted by Crippen LogP contribution is -1.98. The topological polar surface area (TPSA) is 35.0 Å². The van der Waals surface area contributed by atoms with Crippen LogP contribution in [0.4, 0.5) is 4.39 Å². The Morgan fingerprint density at radius 3 is 2.55 bits per heavy atom.